The van der Waals surface area contributed by atoms with Crippen LogP contribution in [0.5, 0.6) is 0 Å². The van der Waals surface area contributed by atoms with Crippen molar-refractivity contribution < 1.29 is 4.74 Å². The Bertz CT molecular complexity index is 421. The standard InChI is InChI=1S/C18H30N2O/c1-4-12-19-13-16-10-11-17(21-16)14-20(5-2)18-9-7-6-8-15(18)3/h6-9,16-17,19H,4-5,10-14H2,1-3H3. The van der Waals surface area contributed by atoms with Crippen LogP contribution in [0.25, 0.3) is 0 Å². The zero-order chi connectivity index (χ0) is 15.1. The first-order valence-electron chi connectivity index (χ1n) is 8.41. The molecule has 0 aliphatic carbocycles. The number of hydrogen-bond donors (Lipinski definition) is 1. The second-order valence-corrected chi connectivity index (χ2v) is 5.99. The summed E-state index contributed by atoms with van der Waals surface area (Å²) in [5, 5.41) is 3.47. The first kappa shape index (κ1) is 16.3. The molecule has 1 N–H and O–H groups in total. The summed E-state index contributed by atoms with van der Waals surface area (Å²) in [6.45, 7) is 10.7. The zero-order valence-electron chi connectivity index (χ0n) is 13.8. The molecule has 1 aromatic rings. The third-order valence-corrected chi connectivity index (χ3v) is 4.26. The largest absolute Gasteiger partial charge is 0.372 e. The van der Waals surface area contributed by atoms with Crippen LogP contribution in [0.4, 0.5) is 5.69 Å². The molecule has 3 heteroatoms. The van der Waals surface area contributed by atoms with Gasteiger partial charge in [0, 0.05) is 25.3 Å². The molecule has 1 saturated heterocycles. The number of anilines is 1. The molecule has 1 aromatic carbocycles. The van der Waals surface area contributed by atoms with Crippen LogP contribution in [-0.2, 0) is 4.74 Å². The van der Waals surface area contributed by atoms with Crippen LogP contribution in [0.3, 0.4) is 0 Å². The van der Waals surface area contributed by atoms with Gasteiger partial charge in [-0.1, -0.05) is 25.1 Å². The first-order chi connectivity index (χ1) is 10.2. The molecular formula is C18H30N2O. The lowest BCUT2D eigenvalue weighted by atomic mass is 10.1. The van der Waals surface area contributed by atoms with Crippen molar-refractivity contribution in [2.75, 3.05) is 31.1 Å². The highest BCUT2D eigenvalue weighted by molar-refractivity contribution is 5.52. The molecule has 0 spiro atoms. The Morgan fingerprint density at radius 1 is 1.19 bits per heavy atom. The molecule has 2 atom stereocenters. The highest BCUT2D eigenvalue weighted by Gasteiger charge is 2.26. The van der Waals surface area contributed by atoms with E-state index in [1.54, 1.807) is 0 Å². The quantitative estimate of drug-likeness (QED) is 0.743. The number of rotatable bonds is 8. The van der Waals surface area contributed by atoms with Gasteiger partial charge >= 0.3 is 0 Å². The SMILES string of the molecule is CCCNCC1CCC(CN(CC)c2ccccc2C)O1. The third-order valence-electron chi connectivity index (χ3n) is 4.26. The van der Waals surface area contributed by atoms with Crippen molar-refractivity contribution in [3.63, 3.8) is 0 Å². The highest BCUT2D eigenvalue weighted by atomic mass is 16.5. The van der Waals surface area contributed by atoms with E-state index in [2.05, 4.69) is 55.3 Å². The Labute approximate surface area is 129 Å². The molecule has 3 nitrogen and oxygen atoms in total. The van der Waals surface area contributed by atoms with Crippen LogP contribution in [0, 0.1) is 6.92 Å². The number of hydrogen-bond acceptors (Lipinski definition) is 3. The molecule has 1 aliphatic rings. The molecule has 1 fully saturated rings. The number of para-hydroxylation sites is 1. The number of nitrogens with zero attached hydrogens (tertiary/aromatic N) is 1. The highest BCUT2D eigenvalue weighted by Crippen LogP contribution is 2.24. The summed E-state index contributed by atoms with van der Waals surface area (Å²) in [5.74, 6) is 0. The van der Waals surface area contributed by atoms with Gasteiger partial charge < -0.3 is 15.0 Å². The van der Waals surface area contributed by atoms with Crippen molar-refractivity contribution in [2.45, 2.75) is 52.2 Å². The Morgan fingerprint density at radius 2 is 1.95 bits per heavy atom. The molecule has 0 bridgehead atoms. The summed E-state index contributed by atoms with van der Waals surface area (Å²) >= 11 is 0. The summed E-state index contributed by atoms with van der Waals surface area (Å²) in [7, 11) is 0. The van der Waals surface area contributed by atoms with Gasteiger partial charge in [-0.05, 0) is 51.3 Å². The maximum atomic E-state index is 6.20. The van der Waals surface area contributed by atoms with E-state index in [9.17, 15) is 0 Å². The average Bonchev–Trinajstić information content (AvgIpc) is 2.93. The van der Waals surface area contributed by atoms with Crippen LogP contribution in [0.2, 0.25) is 0 Å². The normalized spacial score (nSPS) is 21.7. The number of benzene rings is 1. The van der Waals surface area contributed by atoms with Gasteiger partial charge in [-0.2, -0.15) is 0 Å². The predicted molar refractivity (Wildman–Crippen MR) is 90.1 cm³/mol. The van der Waals surface area contributed by atoms with Gasteiger partial charge in [0.25, 0.3) is 0 Å². The van der Waals surface area contributed by atoms with Gasteiger partial charge in [0.1, 0.15) is 0 Å². The number of likely N-dealkylation sites (N-methyl/N-ethyl adjacent to an activating group) is 1. The molecule has 0 aromatic heterocycles. The molecule has 2 unspecified atom stereocenters. The van der Waals surface area contributed by atoms with E-state index in [0.29, 0.717) is 12.2 Å². The molecule has 0 radical (unpaired) electrons. The number of nitrogens with one attached hydrogen (secondary N) is 1. The Hall–Kier alpha value is -1.06. The van der Waals surface area contributed by atoms with Crippen LogP contribution >= 0.6 is 0 Å². The molecular weight excluding hydrogens is 260 g/mol. The minimum Gasteiger partial charge on any atom is -0.372 e. The Balaban J connectivity index is 1.85. The smallest absolute Gasteiger partial charge is 0.0755 e. The maximum Gasteiger partial charge on any atom is 0.0755 e. The Kier molecular flexibility index (Phi) is 6.52. The van der Waals surface area contributed by atoms with Gasteiger partial charge in [0.05, 0.1) is 12.2 Å². The van der Waals surface area contributed by atoms with Crippen LogP contribution in [-0.4, -0.2) is 38.4 Å². The van der Waals surface area contributed by atoms with Gasteiger partial charge in [-0.25, -0.2) is 0 Å². The van der Waals surface area contributed by atoms with E-state index >= 15 is 0 Å². The second-order valence-electron chi connectivity index (χ2n) is 5.99. The van der Waals surface area contributed by atoms with E-state index in [1.807, 2.05) is 0 Å². The van der Waals surface area contributed by atoms with E-state index in [-0.39, 0.29) is 0 Å². The number of aryl methyl sites for hydroxylation is 1. The van der Waals surface area contributed by atoms with Gasteiger partial charge in [-0.3, -0.25) is 0 Å². The maximum absolute atomic E-state index is 6.20. The minimum absolute atomic E-state index is 0.373. The lowest BCUT2D eigenvalue weighted by Gasteiger charge is -2.28. The lowest BCUT2D eigenvalue weighted by Crippen LogP contribution is -2.34. The molecule has 0 saturated carbocycles. The van der Waals surface area contributed by atoms with Crippen molar-refractivity contribution in [1.29, 1.82) is 0 Å². The fourth-order valence-corrected chi connectivity index (χ4v) is 3.07. The van der Waals surface area contributed by atoms with E-state index < -0.39 is 0 Å². The zero-order valence-corrected chi connectivity index (χ0v) is 13.8. The number of ether oxygens (including phenoxy) is 1. The summed E-state index contributed by atoms with van der Waals surface area (Å²) < 4.78 is 6.20. The molecule has 0 amide bonds. The molecule has 21 heavy (non-hydrogen) atoms. The molecule has 118 valence electrons. The van der Waals surface area contributed by atoms with Gasteiger partial charge in [0.15, 0.2) is 0 Å². The van der Waals surface area contributed by atoms with Crippen molar-refractivity contribution in [3.8, 4) is 0 Å². The molecule has 2 rings (SSSR count). The lowest BCUT2D eigenvalue weighted by molar-refractivity contribution is 0.0496. The first-order valence-corrected chi connectivity index (χ1v) is 8.41. The van der Waals surface area contributed by atoms with Crippen molar-refractivity contribution in [2.24, 2.45) is 0 Å². The second kappa shape index (κ2) is 8.40. The van der Waals surface area contributed by atoms with Gasteiger partial charge in [-0.15, -0.1) is 0 Å². The fourth-order valence-electron chi connectivity index (χ4n) is 3.07. The van der Waals surface area contributed by atoms with E-state index in [4.69, 9.17) is 4.74 Å². The fraction of sp³-hybridized carbons (Fsp3) is 0.667. The summed E-state index contributed by atoms with van der Waals surface area (Å²) in [6, 6.07) is 8.63. The van der Waals surface area contributed by atoms with Crippen molar-refractivity contribution in [3.05, 3.63) is 29.8 Å². The van der Waals surface area contributed by atoms with Crippen molar-refractivity contribution >= 4 is 5.69 Å². The topological polar surface area (TPSA) is 24.5 Å². The molecule has 1 aliphatic heterocycles. The van der Waals surface area contributed by atoms with Crippen LogP contribution in [0.15, 0.2) is 24.3 Å². The summed E-state index contributed by atoms with van der Waals surface area (Å²) in [6.07, 6.45) is 4.33. The predicted octanol–water partition coefficient (Wildman–Crippen LogP) is 3.37. The molecule has 1 heterocycles. The van der Waals surface area contributed by atoms with Crippen LogP contribution in [0.1, 0.15) is 38.7 Å². The Morgan fingerprint density at radius 3 is 2.67 bits per heavy atom. The minimum atomic E-state index is 0.373. The summed E-state index contributed by atoms with van der Waals surface area (Å²) in [5.41, 5.74) is 2.69. The monoisotopic (exact) mass is 290 g/mol. The van der Waals surface area contributed by atoms with E-state index in [0.717, 1.165) is 26.2 Å². The van der Waals surface area contributed by atoms with E-state index in [1.165, 1.54) is 30.5 Å². The van der Waals surface area contributed by atoms with Crippen LogP contribution < -0.4 is 10.2 Å². The third kappa shape index (κ3) is 4.72. The summed E-state index contributed by atoms with van der Waals surface area (Å²) in [4.78, 5) is 2.45. The van der Waals surface area contributed by atoms with Gasteiger partial charge in [0.2, 0.25) is 0 Å². The van der Waals surface area contributed by atoms with Crippen molar-refractivity contribution in [1.82, 2.24) is 5.32 Å². The average molecular weight is 290 g/mol.